The highest BCUT2D eigenvalue weighted by atomic mass is 32.1. The third-order valence-electron chi connectivity index (χ3n) is 11.7. The van der Waals surface area contributed by atoms with Crippen molar-refractivity contribution in [3.8, 4) is 44.0 Å². The first-order valence-electron chi connectivity index (χ1n) is 20.1. The van der Waals surface area contributed by atoms with Gasteiger partial charge in [0.05, 0.1) is 15.6 Å². The van der Waals surface area contributed by atoms with E-state index in [-0.39, 0.29) is 0 Å². The van der Waals surface area contributed by atoms with Gasteiger partial charge in [0.25, 0.3) is 0 Å². The number of fused-ring (bicyclic) bond motifs is 4. The van der Waals surface area contributed by atoms with Crippen LogP contribution in [0.5, 0.6) is 0 Å². The molecule has 10 aromatic rings. The standard InChI is InChI=1S/C56H38N2S/c1-6-18-39(19-7-1)42-34-43(40-20-8-2-9-21-40)36-48(35-42)58(47-31-33-54-53(38-47)57-55(59-54)41-22-10-3-11-23-41)46-30-32-50-49-28-16-17-29-51(49)56(52(50)37-46,44-24-12-4-13-25-44)45-26-14-5-15-27-45/h1-38H. The first-order valence-corrected chi connectivity index (χ1v) is 20.9. The van der Waals surface area contributed by atoms with Gasteiger partial charge < -0.3 is 4.90 Å². The second-order valence-corrected chi connectivity index (χ2v) is 16.2. The summed E-state index contributed by atoms with van der Waals surface area (Å²) in [5.41, 5.74) is 17.0. The fourth-order valence-electron chi connectivity index (χ4n) is 9.11. The summed E-state index contributed by atoms with van der Waals surface area (Å²) in [4.78, 5) is 7.66. The van der Waals surface area contributed by atoms with Crippen LogP contribution in [0.1, 0.15) is 22.3 Å². The molecule has 1 heterocycles. The summed E-state index contributed by atoms with van der Waals surface area (Å²) in [7, 11) is 0. The van der Waals surface area contributed by atoms with Gasteiger partial charge in [0.2, 0.25) is 0 Å². The van der Waals surface area contributed by atoms with E-state index in [1.807, 2.05) is 0 Å². The van der Waals surface area contributed by atoms with Crippen molar-refractivity contribution in [3.05, 3.63) is 253 Å². The number of rotatable bonds is 8. The zero-order valence-corrected chi connectivity index (χ0v) is 33.1. The molecule has 0 aliphatic heterocycles. The predicted molar refractivity (Wildman–Crippen MR) is 248 cm³/mol. The van der Waals surface area contributed by atoms with Crippen LogP contribution in [-0.2, 0) is 5.41 Å². The molecule has 0 amide bonds. The minimum Gasteiger partial charge on any atom is -0.310 e. The lowest BCUT2D eigenvalue weighted by atomic mass is 9.67. The number of benzene rings is 9. The smallest absolute Gasteiger partial charge is 0.124 e. The van der Waals surface area contributed by atoms with Crippen LogP contribution in [0.3, 0.4) is 0 Å². The maximum atomic E-state index is 5.22. The van der Waals surface area contributed by atoms with Crippen LogP contribution in [0.25, 0.3) is 54.2 Å². The van der Waals surface area contributed by atoms with Gasteiger partial charge in [-0.25, -0.2) is 4.98 Å². The fourth-order valence-corrected chi connectivity index (χ4v) is 10.1. The largest absolute Gasteiger partial charge is 0.310 e. The molecule has 1 aliphatic carbocycles. The number of nitrogens with zero attached hydrogens (tertiary/aromatic N) is 2. The Morgan fingerprint density at radius 2 is 0.847 bits per heavy atom. The lowest BCUT2D eigenvalue weighted by Crippen LogP contribution is -2.28. The van der Waals surface area contributed by atoms with Crippen molar-refractivity contribution in [1.29, 1.82) is 0 Å². The molecule has 0 bridgehead atoms. The zero-order valence-electron chi connectivity index (χ0n) is 32.2. The molecule has 0 radical (unpaired) electrons. The highest BCUT2D eigenvalue weighted by Gasteiger charge is 2.46. The average Bonchev–Trinajstić information content (AvgIpc) is 3.88. The van der Waals surface area contributed by atoms with Crippen molar-refractivity contribution < 1.29 is 0 Å². The van der Waals surface area contributed by atoms with Gasteiger partial charge in [-0.1, -0.05) is 182 Å². The van der Waals surface area contributed by atoms with Gasteiger partial charge in [-0.2, -0.15) is 0 Å². The van der Waals surface area contributed by atoms with Crippen molar-refractivity contribution in [2.24, 2.45) is 0 Å². The lowest BCUT2D eigenvalue weighted by Gasteiger charge is -2.35. The number of hydrogen-bond donors (Lipinski definition) is 0. The monoisotopic (exact) mass is 770 g/mol. The Balaban J connectivity index is 1.19. The van der Waals surface area contributed by atoms with Crippen LogP contribution >= 0.6 is 11.3 Å². The predicted octanol–water partition coefficient (Wildman–Crippen LogP) is 15.1. The summed E-state index contributed by atoms with van der Waals surface area (Å²) in [6.45, 7) is 0. The van der Waals surface area contributed by atoms with Crippen molar-refractivity contribution in [1.82, 2.24) is 4.98 Å². The summed E-state index contributed by atoms with van der Waals surface area (Å²) in [5, 5.41) is 1.02. The molecule has 0 saturated heterocycles. The normalized spacial score (nSPS) is 12.5. The number of anilines is 3. The Kier molecular flexibility index (Phi) is 8.61. The first kappa shape index (κ1) is 34.9. The molecule has 0 spiro atoms. The van der Waals surface area contributed by atoms with Gasteiger partial charge in [0.1, 0.15) is 5.01 Å². The van der Waals surface area contributed by atoms with E-state index in [1.165, 1.54) is 44.5 Å². The maximum Gasteiger partial charge on any atom is 0.124 e. The van der Waals surface area contributed by atoms with E-state index < -0.39 is 5.41 Å². The van der Waals surface area contributed by atoms with Gasteiger partial charge >= 0.3 is 0 Å². The van der Waals surface area contributed by atoms with Crippen LogP contribution in [0, 0.1) is 0 Å². The molecule has 59 heavy (non-hydrogen) atoms. The second-order valence-electron chi connectivity index (χ2n) is 15.1. The molecule has 9 aromatic carbocycles. The number of hydrogen-bond acceptors (Lipinski definition) is 3. The van der Waals surface area contributed by atoms with Crippen LogP contribution in [0.2, 0.25) is 0 Å². The van der Waals surface area contributed by atoms with Gasteiger partial charge in [-0.05, 0) is 104 Å². The summed E-state index contributed by atoms with van der Waals surface area (Å²) in [5.74, 6) is 0. The van der Waals surface area contributed by atoms with Crippen LogP contribution in [0.4, 0.5) is 17.1 Å². The number of aromatic nitrogens is 1. The Morgan fingerprint density at radius 3 is 1.46 bits per heavy atom. The molecular formula is C56H38N2S. The molecule has 0 atom stereocenters. The minimum atomic E-state index is -0.527. The van der Waals surface area contributed by atoms with Gasteiger partial charge in [0, 0.05) is 22.6 Å². The molecule has 11 rings (SSSR count). The molecule has 1 aromatic heterocycles. The van der Waals surface area contributed by atoms with E-state index in [0.29, 0.717) is 0 Å². The van der Waals surface area contributed by atoms with E-state index in [0.717, 1.165) is 49.0 Å². The quantitative estimate of drug-likeness (QED) is 0.153. The van der Waals surface area contributed by atoms with Gasteiger partial charge in [-0.15, -0.1) is 11.3 Å². The van der Waals surface area contributed by atoms with Crippen molar-refractivity contribution >= 4 is 38.6 Å². The molecule has 1 aliphatic rings. The average molecular weight is 771 g/mol. The molecule has 3 heteroatoms. The third kappa shape index (κ3) is 5.98. The van der Waals surface area contributed by atoms with E-state index in [9.17, 15) is 0 Å². The fraction of sp³-hybridized carbons (Fsp3) is 0.0179. The molecule has 278 valence electrons. The SMILES string of the molecule is c1ccc(-c2cc(-c3ccccc3)cc(N(c3ccc4c(c3)C(c3ccccc3)(c3ccccc3)c3ccccc3-4)c3ccc4sc(-c5ccccc5)nc4c3)c2)cc1. The minimum absolute atomic E-state index is 0.527. The zero-order chi connectivity index (χ0) is 39.2. The lowest BCUT2D eigenvalue weighted by molar-refractivity contribution is 0.768. The molecular weight excluding hydrogens is 733 g/mol. The summed E-state index contributed by atoms with van der Waals surface area (Å²) in [6, 6.07) is 83.8. The number of thiazole rings is 1. The third-order valence-corrected chi connectivity index (χ3v) is 12.8. The van der Waals surface area contributed by atoms with Crippen LogP contribution in [-0.4, -0.2) is 4.98 Å². The van der Waals surface area contributed by atoms with E-state index in [1.54, 1.807) is 11.3 Å². The van der Waals surface area contributed by atoms with E-state index in [4.69, 9.17) is 4.98 Å². The molecule has 0 saturated carbocycles. The first-order chi connectivity index (χ1) is 29.2. The van der Waals surface area contributed by atoms with E-state index >= 15 is 0 Å². The molecule has 0 N–H and O–H groups in total. The van der Waals surface area contributed by atoms with Crippen molar-refractivity contribution in [2.75, 3.05) is 4.90 Å². The summed E-state index contributed by atoms with van der Waals surface area (Å²) < 4.78 is 1.16. The van der Waals surface area contributed by atoms with Crippen LogP contribution < -0.4 is 4.90 Å². The summed E-state index contributed by atoms with van der Waals surface area (Å²) >= 11 is 1.74. The summed E-state index contributed by atoms with van der Waals surface area (Å²) in [6.07, 6.45) is 0. The Hall–Kier alpha value is -7.33. The molecule has 0 unspecified atom stereocenters. The second kappa shape index (κ2) is 14.6. The van der Waals surface area contributed by atoms with Gasteiger partial charge in [0.15, 0.2) is 0 Å². The maximum absolute atomic E-state index is 5.22. The van der Waals surface area contributed by atoms with Crippen LogP contribution in [0.15, 0.2) is 231 Å². The Labute approximate surface area is 349 Å². The topological polar surface area (TPSA) is 16.1 Å². The molecule has 0 fully saturated rings. The highest BCUT2D eigenvalue weighted by molar-refractivity contribution is 7.21. The van der Waals surface area contributed by atoms with Crippen molar-refractivity contribution in [3.63, 3.8) is 0 Å². The highest BCUT2D eigenvalue weighted by Crippen LogP contribution is 2.57. The van der Waals surface area contributed by atoms with Gasteiger partial charge in [-0.3, -0.25) is 0 Å². The Bertz CT molecular complexity index is 2990. The Morgan fingerprint density at radius 1 is 0.356 bits per heavy atom. The van der Waals surface area contributed by atoms with Crippen molar-refractivity contribution in [2.45, 2.75) is 5.41 Å². The molecule has 2 nitrogen and oxygen atoms in total. The van der Waals surface area contributed by atoms with E-state index in [2.05, 4.69) is 235 Å².